The van der Waals surface area contributed by atoms with Crippen LogP contribution in [0.4, 0.5) is 0 Å². The fourth-order valence-corrected chi connectivity index (χ4v) is 3.03. The first-order chi connectivity index (χ1) is 6.36. The molecule has 84 valence electrons. The maximum atomic E-state index is 5.88. The van der Waals surface area contributed by atoms with Crippen LogP contribution >= 0.6 is 0 Å². The van der Waals surface area contributed by atoms with Crippen molar-refractivity contribution in [1.82, 2.24) is 4.90 Å². The molecule has 1 saturated carbocycles. The van der Waals surface area contributed by atoms with E-state index < -0.39 is 0 Å². The van der Waals surface area contributed by atoms with Crippen LogP contribution in [-0.4, -0.2) is 31.1 Å². The number of nitrogens with zero attached hydrogens (tertiary/aromatic N) is 1. The van der Waals surface area contributed by atoms with Crippen LogP contribution in [0.15, 0.2) is 0 Å². The topological polar surface area (TPSA) is 29.3 Å². The van der Waals surface area contributed by atoms with Crippen molar-refractivity contribution in [2.45, 2.75) is 45.6 Å². The molecule has 2 N–H and O–H groups in total. The van der Waals surface area contributed by atoms with E-state index in [2.05, 4.69) is 39.8 Å². The summed E-state index contributed by atoms with van der Waals surface area (Å²) in [5.41, 5.74) is 6.51. The Hall–Kier alpha value is -0.0800. The Labute approximate surface area is 88.8 Å². The zero-order chi connectivity index (χ0) is 11.0. The molecular weight excluding hydrogens is 172 g/mol. The molecule has 0 radical (unpaired) electrons. The van der Waals surface area contributed by atoms with Gasteiger partial charge in [-0.3, -0.25) is 0 Å². The Kier molecular flexibility index (Phi) is 3.27. The Morgan fingerprint density at radius 3 is 2.29 bits per heavy atom. The van der Waals surface area contributed by atoms with Crippen molar-refractivity contribution in [2.24, 2.45) is 17.1 Å². The van der Waals surface area contributed by atoms with Crippen molar-refractivity contribution >= 4 is 0 Å². The molecule has 0 saturated heterocycles. The summed E-state index contributed by atoms with van der Waals surface area (Å²) >= 11 is 0. The summed E-state index contributed by atoms with van der Waals surface area (Å²) in [4.78, 5) is 2.38. The quantitative estimate of drug-likeness (QED) is 0.736. The minimum absolute atomic E-state index is 0.301. The Morgan fingerprint density at radius 1 is 1.29 bits per heavy atom. The van der Waals surface area contributed by atoms with Gasteiger partial charge in [0, 0.05) is 5.54 Å². The highest BCUT2D eigenvalue weighted by Gasteiger charge is 2.49. The van der Waals surface area contributed by atoms with Crippen molar-refractivity contribution in [3.8, 4) is 0 Å². The largest absolute Gasteiger partial charge is 0.330 e. The van der Waals surface area contributed by atoms with Crippen LogP contribution in [0.5, 0.6) is 0 Å². The van der Waals surface area contributed by atoms with E-state index >= 15 is 0 Å². The summed E-state index contributed by atoms with van der Waals surface area (Å²) < 4.78 is 0. The summed E-state index contributed by atoms with van der Waals surface area (Å²) in [5, 5.41) is 0. The van der Waals surface area contributed by atoms with Gasteiger partial charge in [0.1, 0.15) is 0 Å². The van der Waals surface area contributed by atoms with Gasteiger partial charge in [0.25, 0.3) is 0 Å². The van der Waals surface area contributed by atoms with E-state index in [1.54, 1.807) is 0 Å². The predicted molar refractivity (Wildman–Crippen MR) is 62.3 cm³/mol. The number of rotatable bonds is 2. The summed E-state index contributed by atoms with van der Waals surface area (Å²) in [6, 6.07) is 0. The normalized spacial score (nSPS) is 37.5. The molecule has 14 heavy (non-hydrogen) atoms. The molecule has 0 aromatic carbocycles. The second kappa shape index (κ2) is 3.82. The maximum Gasteiger partial charge on any atom is 0.0229 e. The van der Waals surface area contributed by atoms with Crippen molar-refractivity contribution in [3.63, 3.8) is 0 Å². The minimum Gasteiger partial charge on any atom is -0.330 e. The van der Waals surface area contributed by atoms with Gasteiger partial charge in [-0.15, -0.1) is 0 Å². The molecule has 0 bridgehead atoms. The Morgan fingerprint density at radius 2 is 1.86 bits per heavy atom. The van der Waals surface area contributed by atoms with Crippen LogP contribution in [0.2, 0.25) is 0 Å². The van der Waals surface area contributed by atoms with Gasteiger partial charge in [-0.05, 0) is 51.7 Å². The fraction of sp³-hybridized carbons (Fsp3) is 1.00. The van der Waals surface area contributed by atoms with Gasteiger partial charge in [-0.2, -0.15) is 0 Å². The maximum absolute atomic E-state index is 5.88. The van der Waals surface area contributed by atoms with Gasteiger partial charge in [0.15, 0.2) is 0 Å². The first-order valence-corrected chi connectivity index (χ1v) is 5.74. The van der Waals surface area contributed by atoms with Crippen molar-refractivity contribution in [2.75, 3.05) is 20.6 Å². The van der Waals surface area contributed by atoms with E-state index in [1.165, 1.54) is 19.3 Å². The molecule has 1 rings (SSSR count). The first-order valence-electron chi connectivity index (χ1n) is 5.74. The van der Waals surface area contributed by atoms with Gasteiger partial charge in [0.2, 0.25) is 0 Å². The van der Waals surface area contributed by atoms with Crippen LogP contribution in [0.1, 0.15) is 40.0 Å². The lowest BCUT2D eigenvalue weighted by molar-refractivity contribution is -0.0455. The standard InChI is InChI=1S/C12H26N2/c1-11(2)10(9-13)7-6-8-12(11,3)14(4)5/h10H,6-9,13H2,1-5H3. The second-order valence-corrected chi connectivity index (χ2v) is 5.71. The SMILES string of the molecule is CN(C)C1(C)CCCC(CN)C1(C)C. The van der Waals surface area contributed by atoms with Gasteiger partial charge >= 0.3 is 0 Å². The van der Waals surface area contributed by atoms with Crippen molar-refractivity contribution in [3.05, 3.63) is 0 Å². The first kappa shape index (κ1) is 12.0. The lowest BCUT2D eigenvalue weighted by Crippen LogP contribution is -2.59. The van der Waals surface area contributed by atoms with Gasteiger partial charge in [-0.25, -0.2) is 0 Å². The highest BCUT2D eigenvalue weighted by molar-refractivity contribution is 5.03. The Balaban J connectivity index is 2.95. The molecule has 0 spiro atoms. The van der Waals surface area contributed by atoms with Crippen molar-refractivity contribution in [1.29, 1.82) is 0 Å². The average molecular weight is 198 g/mol. The zero-order valence-electron chi connectivity index (χ0n) is 10.4. The fourth-order valence-electron chi connectivity index (χ4n) is 3.03. The lowest BCUT2D eigenvalue weighted by Gasteiger charge is -2.56. The molecule has 0 aromatic heterocycles. The summed E-state index contributed by atoms with van der Waals surface area (Å²) in [6.45, 7) is 7.97. The number of hydrogen-bond donors (Lipinski definition) is 1. The third-order valence-corrected chi connectivity index (χ3v) is 4.90. The van der Waals surface area contributed by atoms with E-state index in [0.29, 0.717) is 16.9 Å². The number of nitrogens with two attached hydrogens (primary N) is 1. The van der Waals surface area contributed by atoms with E-state index in [4.69, 9.17) is 5.73 Å². The van der Waals surface area contributed by atoms with Gasteiger partial charge in [0.05, 0.1) is 0 Å². The molecule has 0 aromatic rings. The molecule has 0 amide bonds. The summed E-state index contributed by atoms with van der Waals surface area (Å²) in [6.07, 6.45) is 3.91. The third kappa shape index (κ3) is 1.59. The lowest BCUT2D eigenvalue weighted by atomic mass is 9.58. The van der Waals surface area contributed by atoms with Crippen LogP contribution < -0.4 is 5.73 Å². The van der Waals surface area contributed by atoms with Gasteiger partial charge < -0.3 is 10.6 Å². The Bertz CT molecular complexity index is 198. The van der Waals surface area contributed by atoms with E-state index in [0.717, 1.165) is 6.54 Å². The van der Waals surface area contributed by atoms with Crippen LogP contribution in [0.25, 0.3) is 0 Å². The van der Waals surface area contributed by atoms with E-state index in [9.17, 15) is 0 Å². The smallest absolute Gasteiger partial charge is 0.0229 e. The van der Waals surface area contributed by atoms with Gasteiger partial charge in [-0.1, -0.05) is 20.3 Å². The molecule has 1 aliphatic carbocycles. The van der Waals surface area contributed by atoms with Crippen LogP contribution in [0, 0.1) is 11.3 Å². The van der Waals surface area contributed by atoms with E-state index in [-0.39, 0.29) is 0 Å². The molecule has 0 aliphatic heterocycles. The molecule has 2 heteroatoms. The van der Waals surface area contributed by atoms with Crippen LogP contribution in [-0.2, 0) is 0 Å². The van der Waals surface area contributed by atoms with Crippen molar-refractivity contribution < 1.29 is 0 Å². The highest BCUT2D eigenvalue weighted by Crippen LogP contribution is 2.49. The predicted octanol–water partition coefficient (Wildman–Crippen LogP) is 2.09. The molecular formula is C12H26N2. The molecule has 1 fully saturated rings. The highest BCUT2D eigenvalue weighted by atomic mass is 15.2. The monoisotopic (exact) mass is 198 g/mol. The number of hydrogen-bond acceptors (Lipinski definition) is 2. The molecule has 2 nitrogen and oxygen atoms in total. The minimum atomic E-state index is 0.301. The average Bonchev–Trinajstić information content (AvgIpc) is 2.09. The second-order valence-electron chi connectivity index (χ2n) is 5.71. The summed E-state index contributed by atoms with van der Waals surface area (Å²) in [7, 11) is 4.39. The zero-order valence-corrected chi connectivity index (χ0v) is 10.4. The summed E-state index contributed by atoms with van der Waals surface area (Å²) in [5.74, 6) is 0.670. The third-order valence-electron chi connectivity index (χ3n) is 4.90. The van der Waals surface area contributed by atoms with E-state index in [1.807, 2.05) is 0 Å². The molecule has 0 heterocycles. The van der Waals surface area contributed by atoms with Crippen LogP contribution in [0.3, 0.4) is 0 Å². The molecule has 2 atom stereocenters. The molecule has 2 unspecified atom stereocenters. The molecule has 1 aliphatic rings.